The molecule has 0 aromatic carbocycles. The molecular formula is C7H14NO2P. The fraction of sp³-hybridized carbons (Fsp3) is 0.714. The van der Waals surface area contributed by atoms with Gasteiger partial charge in [-0.05, 0) is 11.6 Å². The molecule has 0 aliphatic rings. The van der Waals surface area contributed by atoms with Gasteiger partial charge in [-0.25, -0.2) is 0 Å². The van der Waals surface area contributed by atoms with Crippen molar-refractivity contribution in [2.45, 2.75) is 25.4 Å². The Morgan fingerprint density at radius 1 is 1.73 bits per heavy atom. The molecule has 4 heteroatoms. The minimum absolute atomic E-state index is 0.123. The van der Waals surface area contributed by atoms with Crippen LogP contribution in [0.25, 0.3) is 0 Å². The summed E-state index contributed by atoms with van der Waals surface area (Å²) in [6.45, 7) is 1.93. The molecule has 64 valence electrons. The number of rotatable bonds is 5. The highest BCUT2D eigenvalue weighted by Gasteiger charge is 2.13. The standard InChI is InChI=1S/C7H14NO2P/c1-5(2-3-9)6(11)4-7(8)10/h3,5-6H,2,4,11H2,1H3,(H2,8,10)/t5-,6+/m1/s1. The predicted octanol–water partition coefficient (Wildman–Crippen LogP) is 0.331. The molecule has 0 aromatic heterocycles. The molecule has 11 heavy (non-hydrogen) atoms. The van der Waals surface area contributed by atoms with Crippen molar-refractivity contribution in [3.05, 3.63) is 0 Å². The van der Waals surface area contributed by atoms with Gasteiger partial charge in [0, 0.05) is 12.8 Å². The number of hydrogen-bond donors (Lipinski definition) is 1. The minimum Gasteiger partial charge on any atom is -0.370 e. The van der Waals surface area contributed by atoms with E-state index in [0.717, 1.165) is 6.29 Å². The summed E-state index contributed by atoms with van der Waals surface area (Å²) in [6.07, 6.45) is 1.68. The van der Waals surface area contributed by atoms with Gasteiger partial charge in [0.05, 0.1) is 0 Å². The fourth-order valence-electron chi connectivity index (χ4n) is 0.760. The van der Waals surface area contributed by atoms with Crippen molar-refractivity contribution in [2.75, 3.05) is 0 Å². The first-order chi connectivity index (χ1) is 5.07. The Labute approximate surface area is 68.9 Å². The van der Waals surface area contributed by atoms with E-state index in [1.165, 1.54) is 0 Å². The molecule has 0 radical (unpaired) electrons. The average Bonchev–Trinajstić information content (AvgIpc) is 1.86. The molecule has 1 amide bonds. The van der Waals surface area contributed by atoms with Crippen molar-refractivity contribution in [2.24, 2.45) is 11.7 Å². The van der Waals surface area contributed by atoms with Crippen LogP contribution in [0.4, 0.5) is 0 Å². The Hall–Kier alpha value is -0.430. The number of carbonyl (C=O) groups is 2. The summed E-state index contributed by atoms with van der Waals surface area (Å²) in [5, 5.41) is 0. The third-order valence-corrected chi connectivity index (χ3v) is 2.53. The number of primary amides is 1. The second kappa shape index (κ2) is 5.25. The Balaban J connectivity index is 3.71. The van der Waals surface area contributed by atoms with Gasteiger partial charge in [-0.2, -0.15) is 0 Å². The van der Waals surface area contributed by atoms with E-state index < -0.39 is 0 Å². The lowest BCUT2D eigenvalue weighted by Crippen LogP contribution is -2.21. The summed E-state index contributed by atoms with van der Waals surface area (Å²) < 4.78 is 0. The number of hydrogen-bond acceptors (Lipinski definition) is 2. The second-order valence-corrected chi connectivity index (χ2v) is 3.57. The third-order valence-electron chi connectivity index (χ3n) is 1.64. The zero-order valence-electron chi connectivity index (χ0n) is 6.62. The zero-order valence-corrected chi connectivity index (χ0v) is 7.77. The molecule has 0 fully saturated rings. The van der Waals surface area contributed by atoms with Crippen molar-refractivity contribution in [1.29, 1.82) is 0 Å². The Morgan fingerprint density at radius 2 is 2.27 bits per heavy atom. The molecule has 0 aromatic rings. The lowest BCUT2D eigenvalue weighted by Gasteiger charge is -2.14. The molecule has 0 heterocycles. The summed E-state index contributed by atoms with van der Waals surface area (Å²) in [4.78, 5) is 20.5. The van der Waals surface area contributed by atoms with Gasteiger partial charge < -0.3 is 10.5 Å². The van der Waals surface area contributed by atoms with Crippen LogP contribution in [0.15, 0.2) is 0 Å². The lowest BCUT2D eigenvalue weighted by molar-refractivity contribution is -0.118. The molecule has 0 aliphatic heterocycles. The molecule has 2 N–H and O–H groups in total. The zero-order chi connectivity index (χ0) is 8.85. The van der Waals surface area contributed by atoms with Gasteiger partial charge in [0.25, 0.3) is 0 Å². The predicted molar refractivity (Wildman–Crippen MR) is 47.2 cm³/mol. The molecular weight excluding hydrogens is 161 g/mol. The number of amides is 1. The molecule has 0 saturated heterocycles. The van der Waals surface area contributed by atoms with Gasteiger partial charge in [-0.1, -0.05) is 6.92 Å². The number of nitrogens with two attached hydrogens (primary N) is 1. The first-order valence-electron chi connectivity index (χ1n) is 3.55. The molecule has 0 aliphatic carbocycles. The minimum atomic E-state index is -0.317. The first-order valence-corrected chi connectivity index (χ1v) is 4.22. The van der Waals surface area contributed by atoms with E-state index in [0.29, 0.717) is 12.8 Å². The van der Waals surface area contributed by atoms with Crippen LogP contribution in [0.3, 0.4) is 0 Å². The van der Waals surface area contributed by atoms with Gasteiger partial charge >= 0.3 is 0 Å². The maximum absolute atomic E-state index is 10.4. The Bertz CT molecular complexity index is 149. The number of aldehydes is 1. The maximum Gasteiger partial charge on any atom is 0.218 e. The van der Waals surface area contributed by atoms with Crippen LogP contribution in [0, 0.1) is 5.92 Å². The topological polar surface area (TPSA) is 60.2 Å². The Morgan fingerprint density at radius 3 is 2.64 bits per heavy atom. The maximum atomic E-state index is 10.4. The van der Waals surface area contributed by atoms with E-state index in [9.17, 15) is 9.59 Å². The smallest absolute Gasteiger partial charge is 0.218 e. The van der Waals surface area contributed by atoms with Gasteiger partial charge in [0.2, 0.25) is 5.91 Å². The van der Waals surface area contributed by atoms with Crippen LogP contribution in [0.2, 0.25) is 0 Å². The number of carbonyl (C=O) groups excluding carboxylic acids is 2. The van der Waals surface area contributed by atoms with E-state index >= 15 is 0 Å². The summed E-state index contributed by atoms with van der Waals surface area (Å²) in [5.41, 5.74) is 5.11. The molecule has 3 atom stereocenters. The SMILES string of the molecule is C[C@H](CC=O)[C@@H](P)CC(N)=O. The molecule has 0 spiro atoms. The van der Waals surface area contributed by atoms with Gasteiger partial charge in [0.1, 0.15) is 6.29 Å². The summed E-state index contributed by atoms with van der Waals surface area (Å²) in [6, 6.07) is 0. The summed E-state index contributed by atoms with van der Waals surface area (Å²) in [5.74, 6) is -0.104. The van der Waals surface area contributed by atoms with Crippen molar-refractivity contribution >= 4 is 21.4 Å². The first kappa shape index (κ1) is 10.6. The van der Waals surface area contributed by atoms with Crippen LogP contribution in [-0.4, -0.2) is 17.9 Å². The molecule has 0 saturated carbocycles. The average molecular weight is 175 g/mol. The quantitative estimate of drug-likeness (QED) is 0.483. The van der Waals surface area contributed by atoms with Crippen molar-refractivity contribution < 1.29 is 9.59 Å². The van der Waals surface area contributed by atoms with Crippen LogP contribution >= 0.6 is 9.24 Å². The van der Waals surface area contributed by atoms with E-state index in [2.05, 4.69) is 9.24 Å². The van der Waals surface area contributed by atoms with E-state index in [1.54, 1.807) is 0 Å². The van der Waals surface area contributed by atoms with Gasteiger partial charge in [0.15, 0.2) is 0 Å². The lowest BCUT2D eigenvalue weighted by atomic mass is 10.0. The molecule has 0 rings (SSSR count). The molecule has 0 bridgehead atoms. The van der Waals surface area contributed by atoms with Crippen molar-refractivity contribution in [3.8, 4) is 0 Å². The second-order valence-electron chi connectivity index (χ2n) is 2.71. The van der Waals surface area contributed by atoms with Crippen molar-refractivity contribution in [3.63, 3.8) is 0 Å². The Kier molecular flexibility index (Phi) is 5.05. The van der Waals surface area contributed by atoms with Crippen LogP contribution < -0.4 is 5.73 Å². The van der Waals surface area contributed by atoms with Crippen LogP contribution in [-0.2, 0) is 9.59 Å². The van der Waals surface area contributed by atoms with Crippen LogP contribution in [0.1, 0.15) is 19.8 Å². The third kappa shape index (κ3) is 4.91. The van der Waals surface area contributed by atoms with Crippen molar-refractivity contribution in [1.82, 2.24) is 0 Å². The largest absolute Gasteiger partial charge is 0.370 e. The van der Waals surface area contributed by atoms with E-state index in [-0.39, 0.29) is 17.5 Å². The summed E-state index contributed by atoms with van der Waals surface area (Å²) >= 11 is 0. The van der Waals surface area contributed by atoms with Gasteiger partial charge in [-0.3, -0.25) is 4.79 Å². The highest BCUT2D eigenvalue weighted by Crippen LogP contribution is 2.18. The van der Waals surface area contributed by atoms with Crippen LogP contribution in [0.5, 0.6) is 0 Å². The molecule has 1 unspecified atom stereocenters. The monoisotopic (exact) mass is 175 g/mol. The van der Waals surface area contributed by atoms with E-state index in [4.69, 9.17) is 5.73 Å². The fourth-order valence-corrected chi connectivity index (χ4v) is 1.15. The van der Waals surface area contributed by atoms with Gasteiger partial charge in [-0.15, -0.1) is 9.24 Å². The highest BCUT2D eigenvalue weighted by atomic mass is 31.0. The summed E-state index contributed by atoms with van der Waals surface area (Å²) in [7, 11) is 2.53. The van der Waals surface area contributed by atoms with E-state index in [1.807, 2.05) is 6.92 Å². The molecule has 3 nitrogen and oxygen atoms in total. The highest BCUT2D eigenvalue weighted by molar-refractivity contribution is 7.17. The normalized spacial score (nSPS) is 15.5.